The predicted molar refractivity (Wildman–Crippen MR) is 93.1 cm³/mol. The van der Waals surface area contributed by atoms with Gasteiger partial charge in [0, 0.05) is 44.0 Å². The first kappa shape index (κ1) is 16.1. The molecule has 122 valence electrons. The fourth-order valence-electron chi connectivity index (χ4n) is 3.12. The van der Waals surface area contributed by atoms with Crippen molar-refractivity contribution in [1.29, 1.82) is 0 Å². The van der Waals surface area contributed by atoms with E-state index in [1.165, 1.54) is 5.56 Å². The normalized spacial score (nSPS) is 19.8. The smallest absolute Gasteiger partial charge is 0.224 e. The van der Waals surface area contributed by atoms with E-state index in [-0.39, 0.29) is 11.9 Å². The van der Waals surface area contributed by atoms with Gasteiger partial charge < -0.3 is 4.90 Å². The van der Waals surface area contributed by atoms with Crippen LogP contribution in [-0.2, 0) is 17.9 Å². The Morgan fingerprint density at radius 1 is 1.26 bits per heavy atom. The van der Waals surface area contributed by atoms with E-state index in [1.807, 2.05) is 23.7 Å². The van der Waals surface area contributed by atoms with E-state index in [4.69, 9.17) is 0 Å². The fourth-order valence-corrected chi connectivity index (χ4v) is 3.67. The second kappa shape index (κ2) is 7.70. The van der Waals surface area contributed by atoms with Gasteiger partial charge in [-0.15, -0.1) is 11.3 Å². The first-order chi connectivity index (χ1) is 11.3. The van der Waals surface area contributed by atoms with Crippen LogP contribution in [0.25, 0.3) is 0 Å². The average Bonchev–Trinajstić information content (AvgIpc) is 3.04. The Balaban J connectivity index is 1.71. The standard InChI is InChI=1S/C18H23N3OS/c1-2-17-12-20(11-16-13-23-14-19-16)9-8-18(22)21(17)10-15-6-4-3-5-7-15/h3-7,13-14,17H,2,8-12H2,1H3. The maximum Gasteiger partial charge on any atom is 0.224 e. The Kier molecular flexibility index (Phi) is 5.41. The van der Waals surface area contributed by atoms with Crippen LogP contribution in [0.4, 0.5) is 0 Å². The molecule has 2 heterocycles. The molecule has 23 heavy (non-hydrogen) atoms. The van der Waals surface area contributed by atoms with Crippen LogP contribution in [0.15, 0.2) is 41.2 Å². The Hall–Kier alpha value is -1.72. The lowest BCUT2D eigenvalue weighted by atomic mass is 10.1. The number of aromatic nitrogens is 1. The number of carbonyl (C=O) groups excluding carboxylic acids is 1. The van der Waals surface area contributed by atoms with Gasteiger partial charge in [-0.25, -0.2) is 4.98 Å². The van der Waals surface area contributed by atoms with Gasteiger partial charge in [-0.3, -0.25) is 9.69 Å². The molecule has 0 N–H and O–H groups in total. The molecule has 0 radical (unpaired) electrons. The van der Waals surface area contributed by atoms with Crippen molar-refractivity contribution in [3.63, 3.8) is 0 Å². The molecule has 1 atom stereocenters. The summed E-state index contributed by atoms with van der Waals surface area (Å²) in [5.74, 6) is 0.265. The van der Waals surface area contributed by atoms with Crippen LogP contribution in [0.2, 0.25) is 0 Å². The molecule has 0 aliphatic carbocycles. The van der Waals surface area contributed by atoms with E-state index >= 15 is 0 Å². The Morgan fingerprint density at radius 3 is 2.78 bits per heavy atom. The van der Waals surface area contributed by atoms with Crippen molar-refractivity contribution in [2.24, 2.45) is 0 Å². The third-order valence-corrected chi connectivity index (χ3v) is 5.04. The lowest BCUT2D eigenvalue weighted by Crippen LogP contribution is -2.42. The molecule has 2 aromatic rings. The average molecular weight is 329 g/mol. The highest BCUT2D eigenvalue weighted by Crippen LogP contribution is 2.19. The van der Waals surface area contributed by atoms with E-state index in [1.54, 1.807) is 11.3 Å². The molecule has 1 aliphatic heterocycles. The number of hydrogen-bond donors (Lipinski definition) is 0. The third kappa shape index (κ3) is 4.18. The summed E-state index contributed by atoms with van der Waals surface area (Å²) in [6.45, 7) is 5.46. The third-order valence-electron chi connectivity index (χ3n) is 4.41. The molecular weight excluding hydrogens is 306 g/mol. The molecule has 0 saturated carbocycles. The lowest BCUT2D eigenvalue weighted by molar-refractivity contribution is -0.133. The number of thiazole rings is 1. The summed E-state index contributed by atoms with van der Waals surface area (Å²) in [7, 11) is 0. The number of rotatable bonds is 5. The van der Waals surface area contributed by atoms with Crippen LogP contribution in [0.5, 0.6) is 0 Å². The summed E-state index contributed by atoms with van der Waals surface area (Å²) in [5, 5.41) is 2.09. The highest BCUT2D eigenvalue weighted by molar-refractivity contribution is 7.07. The Labute approximate surface area is 141 Å². The second-order valence-corrected chi connectivity index (χ2v) is 6.75. The van der Waals surface area contributed by atoms with Gasteiger partial charge in [0.05, 0.1) is 11.2 Å². The van der Waals surface area contributed by atoms with Crippen molar-refractivity contribution in [3.8, 4) is 0 Å². The molecule has 0 bridgehead atoms. The molecule has 3 rings (SSSR count). The molecule has 1 fully saturated rings. The van der Waals surface area contributed by atoms with Gasteiger partial charge in [-0.1, -0.05) is 37.3 Å². The minimum absolute atomic E-state index is 0.265. The minimum Gasteiger partial charge on any atom is -0.334 e. The van der Waals surface area contributed by atoms with E-state index in [0.29, 0.717) is 13.0 Å². The van der Waals surface area contributed by atoms with Crippen LogP contribution >= 0.6 is 11.3 Å². The summed E-state index contributed by atoms with van der Waals surface area (Å²) in [6.07, 6.45) is 1.57. The quantitative estimate of drug-likeness (QED) is 0.845. The molecule has 1 aromatic heterocycles. The highest BCUT2D eigenvalue weighted by Gasteiger charge is 2.28. The van der Waals surface area contributed by atoms with Crippen molar-refractivity contribution in [2.45, 2.75) is 38.9 Å². The van der Waals surface area contributed by atoms with Crippen LogP contribution in [0.1, 0.15) is 31.0 Å². The van der Waals surface area contributed by atoms with Gasteiger partial charge in [0.15, 0.2) is 0 Å². The SMILES string of the molecule is CCC1CN(Cc2cscn2)CCC(=O)N1Cc1ccccc1. The highest BCUT2D eigenvalue weighted by atomic mass is 32.1. The van der Waals surface area contributed by atoms with Crippen molar-refractivity contribution in [1.82, 2.24) is 14.8 Å². The number of amides is 1. The molecule has 5 heteroatoms. The van der Waals surface area contributed by atoms with Gasteiger partial charge >= 0.3 is 0 Å². The van der Waals surface area contributed by atoms with Crippen LogP contribution in [-0.4, -0.2) is 39.8 Å². The van der Waals surface area contributed by atoms with E-state index in [9.17, 15) is 4.79 Å². The Morgan fingerprint density at radius 2 is 2.09 bits per heavy atom. The number of carbonyl (C=O) groups is 1. The van der Waals surface area contributed by atoms with Gasteiger partial charge in [0.1, 0.15) is 0 Å². The van der Waals surface area contributed by atoms with E-state index in [0.717, 1.165) is 31.7 Å². The summed E-state index contributed by atoms with van der Waals surface area (Å²) in [5.41, 5.74) is 4.18. The zero-order valence-corrected chi connectivity index (χ0v) is 14.3. The number of hydrogen-bond acceptors (Lipinski definition) is 4. The molecule has 4 nitrogen and oxygen atoms in total. The predicted octanol–water partition coefficient (Wildman–Crippen LogP) is 3.16. The molecule has 0 spiro atoms. The maximum atomic E-state index is 12.6. The largest absolute Gasteiger partial charge is 0.334 e. The first-order valence-corrected chi connectivity index (χ1v) is 9.13. The second-order valence-electron chi connectivity index (χ2n) is 6.03. The number of benzene rings is 1. The Bertz CT molecular complexity index is 614. The molecular formula is C18H23N3OS. The molecule has 1 unspecified atom stereocenters. The first-order valence-electron chi connectivity index (χ1n) is 8.19. The van der Waals surface area contributed by atoms with Crippen LogP contribution < -0.4 is 0 Å². The van der Waals surface area contributed by atoms with Crippen molar-refractivity contribution >= 4 is 17.2 Å². The van der Waals surface area contributed by atoms with Crippen molar-refractivity contribution in [2.75, 3.05) is 13.1 Å². The minimum atomic E-state index is 0.265. The summed E-state index contributed by atoms with van der Waals surface area (Å²) in [6, 6.07) is 10.5. The van der Waals surface area contributed by atoms with E-state index in [2.05, 4.69) is 39.2 Å². The zero-order valence-electron chi connectivity index (χ0n) is 13.5. The van der Waals surface area contributed by atoms with Gasteiger partial charge in [0.2, 0.25) is 5.91 Å². The monoisotopic (exact) mass is 329 g/mol. The molecule has 1 aromatic carbocycles. The molecule has 1 saturated heterocycles. The van der Waals surface area contributed by atoms with Gasteiger partial charge in [-0.2, -0.15) is 0 Å². The lowest BCUT2D eigenvalue weighted by Gasteiger charge is -2.31. The van der Waals surface area contributed by atoms with Gasteiger partial charge in [-0.05, 0) is 12.0 Å². The van der Waals surface area contributed by atoms with E-state index < -0.39 is 0 Å². The van der Waals surface area contributed by atoms with Crippen molar-refractivity contribution < 1.29 is 4.79 Å². The van der Waals surface area contributed by atoms with Crippen molar-refractivity contribution in [3.05, 3.63) is 52.5 Å². The summed E-state index contributed by atoms with van der Waals surface area (Å²) >= 11 is 1.63. The van der Waals surface area contributed by atoms with Crippen LogP contribution in [0.3, 0.4) is 0 Å². The summed E-state index contributed by atoms with van der Waals surface area (Å²) in [4.78, 5) is 21.4. The molecule has 1 aliphatic rings. The fraction of sp³-hybridized carbons (Fsp3) is 0.444. The zero-order chi connectivity index (χ0) is 16.1. The number of nitrogens with zero attached hydrogens (tertiary/aromatic N) is 3. The van der Waals surface area contributed by atoms with Gasteiger partial charge in [0.25, 0.3) is 0 Å². The topological polar surface area (TPSA) is 36.4 Å². The summed E-state index contributed by atoms with van der Waals surface area (Å²) < 4.78 is 0. The maximum absolute atomic E-state index is 12.6. The molecule has 1 amide bonds. The van der Waals surface area contributed by atoms with Crippen LogP contribution in [0, 0.1) is 0 Å².